The van der Waals surface area contributed by atoms with Crippen LogP contribution in [0.1, 0.15) is 73.2 Å². The van der Waals surface area contributed by atoms with Gasteiger partial charge >= 0.3 is 5.97 Å². The highest BCUT2D eigenvalue weighted by Crippen LogP contribution is 2.44. The van der Waals surface area contributed by atoms with Gasteiger partial charge in [0.25, 0.3) is 0 Å². The van der Waals surface area contributed by atoms with E-state index in [4.69, 9.17) is 14.5 Å². The molecule has 244 valence electrons. The first-order chi connectivity index (χ1) is 21.8. The number of hydrogen-bond acceptors (Lipinski definition) is 9. The van der Waals surface area contributed by atoms with Gasteiger partial charge in [0.15, 0.2) is 0 Å². The number of nitrogens with zero attached hydrogens (tertiary/aromatic N) is 6. The molecule has 1 spiro atoms. The Balaban J connectivity index is 1.46. The third-order valence-electron chi connectivity index (χ3n) is 9.47. The number of ether oxygens (including phenoxy) is 2. The fraction of sp³-hybridized carbons (Fsp3) is 0.485. The normalized spacial score (nSPS) is 18.6. The molecule has 4 aromatic rings. The van der Waals surface area contributed by atoms with E-state index in [1.165, 1.54) is 4.31 Å². The maximum Gasteiger partial charge on any atom is 0.310 e. The zero-order valence-electron chi connectivity index (χ0n) is 27.1. The van der Waals surface area contributed by atoms with Gasteiger partial charge in [-0.05, 0) is 82.0 Å². The summed E-state index contributed by atoms with van der Waals surface area (Å²) in [5.74, 6) is -1.55. The van der Waals surface area contributed by atoms with Gasteiger partial charge in [0.1, 0.15) is 16.0 Å². The Labute approximate surface area is 268 Å². The number of aliphatic carboxylic acids is 1. The molecule has 0 aliphatic carbocycles. The molecule has 1 N–H and O–H groups in total. The molecule has 1 aromatic carbocycles. The Morgan fingerprint density at radius 3 is 2.57 bits per heavy atom. The van der Waals surface area contributed by atoms with Crippen LogP contribution in [0.4, 0.5) is 0 Å². The van der Waals surface area contributed by atoms with Gasteiger partial charge in [0, 0.05) is 37.2 Å². The zero-order valence-corrected chi connectivity index (χ0v) is 27.9. The van der Waals surface area contributed by atoms with E-state index >= 15 is 0 Å². The molecule has 0 amide bonds. The summed E-state index contributed by atoms with van der Waals surface area (Å²) in [6.45, 7) is 12.6. The molecule has 1 saturated heterocycles. The summed E-state index contributed by atoms with van der Waals surface area (Å²) in [6, 6.07) is 9.17. The number of fused-ring (bicyclic) bond motifs is 2. The highest BCUT2D eigenvalue weighted by Gasteiger charge is 2.46. The maximum atomic E-state index is 14.3. The molecule has 6 rings (SSSR count). The van der Waals surface area contributed by atoms with Crippen molar-refractivity contribution in [1.29, 1.82) is 0 Å². The second kappa shape index (κ2) is 11.7. The summed E-state index contributed by atoms with van der Waals surface area (Å²) in [7, 11) is -4.04. The van der Waals surface area contributed by atoms with Crippen LogP contribution in [-0.2, 0) is 32.6 Å². The van der Waals surface area contributed by atoms with E-state index in [-0.39, 0.29) is 23.9 Å². The molecule has 1 atom stereocenters. The lowest BCUT2D eigenvalue weighted by molar-refractivity contribution is -0.147. The highest BCUT2D eigenvalue weighted by molar-refractivity contribution is 7.89. The lowest BCUT2D eigenvalue weighted by Gasteiger charge is -2.38. The number of pyridine rings is 2. The van der Waals surface area contributed by atoms with Crippen molar-refractivity contribution < 1.29 is 27.8 Å². The molecule has 2 aliphatic rings. The number of benzene rings is 1. The van der Waals surface area contributed by atoms with Crippen molar-refractivity contribution >= 4 is 27.0 Å². The van der Waals surface area contributed by atoms with Crippen LogP contribution in [0.5, 0.6) is 5.88 Å². The number of hydrogen-bond donors (Lipinski definition) is 1. The van der Waals surface area contributed by atoms with E-state index in [0.29, 0.717) is 55.1 Å². The number of carbonyl (C=O) groups is 1. The summed E-state index contributed by atoms with van der Waals surface area (Å²) in [5.41, 5.74) is 3.66. The molecular formula is C33H40N6O6S. The van der Waals surface area contributed by atoms with Crippen molar-refractivity contribution in [2.75, 3.05) is 19.8 Å². The van der Waals surface area contributed by atoms with Gasteiger partial charge in [-0.2, -0.15) is 4.31 Å². The van der Waals surface area contributed by atoms with Crippen molar-refractivity contribution in [3.63, 3.8) is 0 Å². The largest absolute Gasteiger partial charge is 0.481 e. The lowest BCUT2D eigenvalue weighted by Crippen LogP contribution is -2.50. The smallest absolute Gasteiger partial charge is 0.310 e. The summed E-state index contributed by atoms with van der Waals surface area (Å²) in [5, 5.41) is 19.1. The molecule has 0 bridgehead atoms. The van der Waals surface area contributed by atoms with Crippen LogP contribution >= 0.6 is 0 Å². The Kier molecular flexibility index (Phi) is 8.14. The molecule has 0 radical (unpaired) electrons. The third-order valence-corrected chi connectivity index (χ3v) is 11.3. The minimum Gasteiger partial charge on any atom is -0.481 e. The molecule has 13 heteroatoms. The van der Waals surface area contributed by atoms with Crippen molar-refractivity contribution in [2.24, 2.45) is 5.41 Å². The Hall–Kier alpha value is -3.94. The van der Waals surface area contributed by atoms with Crippen LogP contribution in [0, 0.1) is 26.2 Å². The number of rotatable bonds is 7. The molecule has 3 aromatic heterocycles. The van der Waals surface area contributed by atoms with Crippen molar-refractivity contribution in [3.05, 3.63) is 70.2 Å². The van der Waals surface area contributed by atoms with Gasteiger partial charge in [-0.1, -0.05) is 17.3 Å². The first kappa shape index (κ1) is 32.0. The minimum atomic E-state index is -4.04. The second-order valence-electron chi connectivity index (χ2n) is 13.0. The van der Waals surface area contributed by atoms with Crippen LogP contribution < -0.4 is 4.74 Å². The Bertz CT molecular complexity index is 1930. The minimum absolute atomic E-state index is 0.0234. The van der Waals surface area contributed by atoms with Crippen LogP contribution in [0.2, 0.25) is 0 Å². The molecule has 46 heavy (non-hydrogen) atoms. The van der Waals surface area contributed by atoms with E-state index in [9.17, 15) is 18.3 Å². The summed E-state index contributed by atoms with van der Waals surface area (Å²) in [6.07, 6.45) is 2.64. The standard InChI is InChI=1S/C33H40N6O6S/c1-7-39-26-11-9-23(22(4)29(26)36-37-39)28(32(5,6)31(40)41)24-10-8-21(3)25(35-24)18-38-19-33(12-14-44-15-13-33)45-30-27(46(38,42)43)16-20(2)17-34-30/h8-11,16-17,28H,7,12-15,18-19H2,1-6H3,(H,40,41)/t28-/m0/s1. The second-order valence-corrected chi connectivity index (χ2v) is 14.9. The quantitative estimate of drug-likeness (QED) is 0.303. The molecule has 0 saturated carbocycles. The average Bonchev–Trinajstić information content (AvgIpc) is 3.41. The van der Waals surface area contributed by atoms with Gasteiger partial charge in [-0.3, -0.25) is 9.78 Å². The molecule has 1 fully saturated rings. The predicted molar refractivity (Wildman–Crippen MR) is 170 cm³/mol. The molecule has 5 heterocycles. The van der Waals surface area contributed by atoms with E-state index in [2.05, 4.69) is 15.3 Å². The predicted octanol–water partition coefficient (Wildman–Crippen LogP) is 4.54. The molecule has 2 aliphatic heterocycles. The van der Waals surface area contributed by atoms with E-state index in [0.717, 1.165) is 22.2 Å². The third kappa shape index (κ3) is 5.43. The maximum absolute atomic E-state index is 14.3. The number of sulfonamides is 1. The zero-order chi connectivity index (χ0) is 33.0. The fourth-order valence-electron chi connectivity index (χ4n) is 6.56. The summed E-state index contributed by atoms with van der Waals surface area (Å²) >= 11 is 0. The highest BCUT2D eigenvalue weighted by atomic mass is 32.2. The van der Waals surface area contributed by atoms with Gasteiger partial charge < -0.3 is 14.6 Å². The first-order valence-electron chi connectivity index (χ1n) is 15.5. The monoisotopic (exact) mass is 648 g/mol. The van der Waals surface area contributed by atoms with Crippen LogP contribution in [0.15, 0.2) is 41.4 Å². The van der Waals surface area contributed by atoms with Crippen molar-refractivity contribution in [2.45, 2.75) is 83.9 Å². The van der Waals surface area contributed by atoms with E-state index in [1.54, 1.807) is 37.7 Å². The lowest BCUT2D eigenvalue weighted by atomic mass is 9.71. The van der Waals surface area contributed by atoms with Gasteiger partial charge in [-0.15, -0.1) is 5.10 Å². The summed E-state index contributed by atoms with van der Waals surface area (Å²) < 4.78 is 43.8. The molecule has 12 nitrogen and oxygen atoms in total. The number of carboxylic acid groups (broad SMARTS) is 1. The van der Waals surface area contributed by atoms with Crippen molar-refractivity contribution in [1.82, 2.24) is 29.3 Å². The van der Waals surface area contributed by atoms with E-state index in [1.807, 2.05) is 45.0 Å². The van der Waals surface area contributed by atoms with E-state index < -0.39 is 32.9 Å². The molecular weight excluding hydrogens is 608 g/mol. The molecule has 0 unspecified atom stereocenters. The van der Waals surface area contributed by atoms with Gasteiger partial charge in [0.2, 0.25) is 15.9 Å². The van der Waals surface area contributed by atoms with Gasteiger partial charge in [-0.25, -0.2) is 18.1 Å². The first-order valence-corrected chi connectivity index (χ1v) is 17.0. The average molecular weight is 649 g/mol. The fourth-order valence-corrected chi connectivity index (χ4v) is 8.19. The number of aryl methyl sites for hydroxylation is 4. The van der Waals surface area contributed by atoms with Crippen LogP contribution in [0.3, 0.4) is 0 Å². The van der Waals surface area contributed by atoms with Crippen LogP contribution in [-0.4, -0.2) is 74.1 Å². The Morgan fingerprint density at radius 2 is 1.87 bits per heavy atom. The number of carboxylic acids is 1. The Morgan fingerprint density at radius 1 is 1.13 bits per heavy atom. The number of aromatic nitrogens is 5. The van der Waals surface area contributed by atoms with Gasteiger partial charge in [0.05, 0.1) is 42.9 Å². The SMILES string of the molecule is CCn1nnc2c(C)c([C@@H](c3ccc(C)c(CN4CC5(CCOCC5)Oc5ncc(C)cc5S4(=O)=O)n3)C(C)(C)C(=O)O)ccc21. The van der Waals surface area contributed by atoms with Crippen LogP contribution in [0.25, 0.3) is 11.0 Å². The summed E-state index contributed by atoms with van der Waals surface area (Å²) in [4.78, 5) is 22.2. The van der Waals surface area contributed by atoms with Crippen molar-refractivity contribution in [3.8, 4) is 5.88 Å². The topological polar surface area (TPSA) is 150 Å².